The second-order valence-electron chi connectivity index (χ2n) is 7.75. The van der Waals surface area contributed by atoms with Crippen molar-refractivity contribution >= 4 is 73.3 Å². The minimum Gasteiger partial charge on any atom is -0.506 e. The molecule has 37 heavy (non-hydrogen) atoms. The van der Waals surface area contributed by atoms with Crippen molar-refractivity contribution in [3.8, 4) is 5.75 Å². The lowest BCUT2D eigenvalue weighted by Crippen LogP contribution is -2.14. The van der Waals surface area contributed by atoms with Gasteiger partial charge < -0.3 is 14.6 Å². The lowest BCUT2D eigenvalue weighted by Gasteiger charge is -2.09. The normalized spacial score (nSPS) is 15.3. The summed E-state index contributed by atoms with van der Waals surface area (Å²) < 4.78 is 12.9. The van der Waals surface area contributed by atoms with Gasteiger partial charge in [0.25, 0.3) is 5.91 Å². The number of aliphatic hydroxyl groups is 1. The van der Waals surface area contributed by atoms with Crippen LogP contribution < -0.4 is 4.74 Å². The van der Waals surface area contributed by atoms with E-state index in [0.717, 1.165) is 30.9 Å². The van der Waals surface area contributed by atoms with Gasteiger partial charge in [0.05, 0.1) is 16.0 Å². The Morgan fingerprint density at radius 2 is 1.81 bits per heavy atom. The molecule has 3 aromatic rings. The molecule has 0 aliphatic carbocycles. The number of benzene rings is 3. The second-order valence-corrected chi connectivity index (χ2v) is 10.9. The van der Waals surface area contributed by atoms with Gasteiger partial charge in [0.1, 0.15) is 28.7 Å². The van der Waals surface area contributed by atoms with E-state index < -0.39 is 11.9 Å². The minimum absolute atomic E-state index is 0.0904. The molecule has 1 aliphatic heterocycles. The maximum absolute atomic E-state index is 12.7. The van der Waals surface area contributed by atoms with Gasteiger partial charge in [-0.25, -0.2) is 9.79 Å². The summed E-state index contributed by atoms with van der Waals surface area (Å²) in [6.45, 7) is 2.21. The Balaban J connectivity index is 1.58. The highest BCUT2D eigenvalue weighted by Crippen LogP contribution is 2.40. The first kappa shape index (κ1) is 27.2. The van der Waals surface area contributed by atoms with E-state index in [1.807, 2.05) is 42.5 Å². The van der Waals surface area contributed by atoms with Crippen molar-refractivity contribution in [2.45, 2.75) is 13.5 Å². The standard InChI is InChI=1S/C28H21BrINO5S/c1-2-35-28(34)24-25(32)23(37-27(24)31-26(33)19-6-4-3-5-7-19)15-18-10-13-22(21(29)14-18)36-16-17-8-11-20(30)12-9-17/h3-15,32H,2,16H2,1H3/b23-15-,31-27?. The third kappa shape index (κ3) is 6.91. The highest BCUT2D eigenvalue weighted by atomic mass is 127. The Bertz CT molecular complexity index is 1420. The summed E-state index contributed by atoms with van der Waals surface area (Å²) in [5, 5.41) is 11.0. The number of amides is 1. The number of hydrogen-bond donors (Lipinski definition) is 1. The third-order valence-corrected chi connectivity index (χ3v) is 7.51. The van der Waals surface area contributed by atoms with Crippen molar-refractivity contribution in [3.05, 3.63) is 114 Å². The van der Waals surface area contributed by atoms with Crippen molar-refractivity contribution in [1.29, 1.82) is 0 Å². The molecular weight excluding hydrogens is 669 g/mol. The highest BCUT2D eigenvalue weighted by molar-refractivity contribution is 14.1. The van der Waals surface area contributed by atoms with E-state index >= 15 is 0 Å². The van der Waals surface area contributed by atoms with Crippen LogP contribution in [0, 0.1) is 3.57 Å². The molecule has 0 bridgehead atoms. The summed E-state index contributed by atoms with van der Waals surface area (Å²) in [7, 11) is 0. The zero-order valence-electron chi connectivity index (χ0n) is 19.6. The van der Waals surface area contributed by atoms with Gasteiger partial charge in [-0.3, -0.25) is 4.79 Å². The average molecular weight is 690 g/mol. The van der Waals surface area contributed by atoms with Gasteiger partial charge >= 0.3 is 5.97 Å². The molecule has 0 unspecified atom stereocenters. The quantitative estimate of drug-likeness (QED) is 0.207. The topological polar surface area (TPSA) is 85.2 Å². The summed E-state index contributed by atoms with van der Waals surface area (Å²) >= 11 is 6.84. The minimum atomic E-state index is -0.740. The van der Waals surface area contributed by atoms with Crippen LogP contribution in [0.4, 0.5) is 0 Å². The predicted octanol–water partition coefficient (Wildman–Crippen LogP) is 7.33. The average Bonchev–Trinajstić information content (AvgIpc) is 3.19. The summed E-state index contributed by atoms with van der Waals surface area (Å²) in [4.78, 5) is 29.7. The zero-order chi connectivity index (χ0) is 26.4. The lowest BCUT2D eigenvalue weighted by atomic mass is 10.1. The van der Waals surface area contributed by atoms with Crippen LogP contribution in [0.15, 0.2) is 98.5 Å². The van der Waals surface area contributed by atoms with Gasteiger partial charge in [-0.15, -0.1) is 0 Å². The van der Waals surface area contributed by atoms with Crippen LogP contribution in [0.25, 0.3) is 6.08 Å². The fourth-order valence-electron chi connectivity index (χ4n) is 3.35. The molecule has 1 heterocycles. The van der Waals surface area contributed by atoms with Gasteiger partial charge in [-0.05, 0) is 99.0 Å². The SMILES string of the molecule is CCOC(=O)C1=C(O)/C(=C/c2ccc(OCc3ccc(I)cc3)c(Br)c2)SC1=NC(=O)c1ccccc1. The molecule has 1 amide bonds. The van der Waals surface area contributed by atoms with Crippen LogP contribution in [0.1, 0.15) is 28.4 Å². The van der Waals surface area contributed by atoms with E-state index in [2.05, 4.69) is 43.5 Å². The Labute approximate surface area is 240 Å². The van der Waals surface area contributed by atoms with E-state index in [0.29, 0.717) is 22.8 Å². The van der Waals surface area contributed by atoms with Crippen LogP contribution >= 0.6 is 50.3 Å². The number of thioether (sulfide) groups is 1. The highest BCUT2D eigenvalue weighted by Gasteiger charge is 2.34. The van der Waals surface area contributed by atoms with Crippen molar-refractivity contribution in [1.82, 2.24) is 0 Å². The van der Waals surface area contributed by atoms with Crippen LogP contribution in [-0.2, 0) is 16.1 Å². The van der Waals surface area contributed by atoms with Crippen LogP contribution in [-0.4, -0.2) is 28.6 Å². The van der Waals surface area contributed by atoms with Crippen molar-refractivity contribution < 1.29 is 24.2 Å². The number of hydrogen-bond acceptors (Lipinski definition) is 6. The molecule has 0 saturated carbocycles. The largest absolute Gasteiger partial charge is 0.506 e. The monoisotopic (exact) mass is 689 g/mol. The first-order chi connectivity index (χ1) is 17.9. The van der Waals surface area contributed by atoms with Crippen LogP contribution in [0.5, 0.6) is 5.75 Å². The van der Waals surface area contributed by atoms with E-state index in [-0.39, 0.29) is 23.0 Å². The molecule has 9 heteroatoms. The van der Waals surface area contributed by atoms with Crippen molar-refractivity contribution in [3.63, 3.8) is 0 Å². The molecule has 4 rings (SSSR count). The second kappa shape index (κ2) is 12.6. The number of aliphatic hydroxyl groups excluding tert-OH is 1. The lowest BCUT2D eigenvalue weighted by molar-refractivity contribution is -0.138. The van der Waals surface area contributed by atoms with E-state index in [1.54, 1.807) is 43.3 Å². The smallest absolute Gasteiger partial charge is 0.344 e. The van der Waals surface area contributed by atoms with Gasteiger partial charge in [0.2, 0.25) is 0 Å². The number of carbonyl (C=O) groups excluding carboxylic acids is 2. The Kier molecular flexibility index (Phi) is 9.23. The predicted molar refractivity (Wildman–Crippen MR) is 158 cm³/mol. The molecule has 0 atom stereocenters. The number of halogens is 2. The first-order valence-corrected chi connectivity index (χ1v) is 13.9. The van der Waals surface area contributed by atoms with E-state index in [1.165, 1.54) is 0 Å². The molecule has 0 radical (unpaired) electrons. The van der Waals surface area contributed by atoms with Gasteiger partial charge in [0, 0.05) is 9.13 Å². The molecule has 188 valence electrons. The molecule has 0 aromatic heterocycles. The maximum Gasteiger partial charge on any atom is 0.344 e. The number of esters is 1. The Hall–Kier alpha value is -2.89. The molecular formula is C28H21BrINO5S. The number of ether oxygens (including phenoxy) is 2. The first-order valence-electron chi connectivity index (χ1n) is 11.2. The number of rotatable bonds is 7. The van der Waals surface area contributed by atoms with Crippen molar-refractivity contribution in [2.24, 2.45) is 4.99 Å². The van der Waals surface area contributed by atoms with Crippen LogP contribution in [0.3, 0.4) is 0 Å². The van der Waals surface area contributed by atoms with E-state index in [9.17, 15) is 14.7 Å². The fraction of sp³-hybridized carbons (Fsp3) is 0.107. The molecule has 1 N–H and O–H groups in total. The molecule has 0 saturated heterocycles. The summed E-state index contributed by atoms with van der Waals surface area (Å²) in [5.74, 6) is -0.868. The van der Waals surface area contributed by atoms with Gasteiger partial charge in [-0.2, -0.15) is 0 Å². The van der Waals surface area contributed by atoms with Gasteiger partial charge in [-0.1, -0.05) is 48.2 Å². The molecule has 0 spiro atoms. The van der Waals surface area contributed by atoms with Crippen LogP contribution in [0.2, 0.25) is 0 Å². The third-order valence-electron chi connectivity index (χ3n) is 5.16. The van der Waals surface area contributed by atoms with E-state index in [4.69, 9.17) is 9.47 Å². The number of carbonyl (C=O) groups is 2. The summed E-state index contributed by atoms with van der Waals surface area (Å²) in [5.41, 5.74) is 2.06. The molecule has 1 aliphatic rings. The summed E-state index contributed by atoms with van der Waals surface area (Å²) in [6.07, 6.45) is 1.71. The molecule has 0 fully saturated rings. The van der Waals surface area contributed by atoms with Crippen molar-refractivity contribution in [2.75, 3.05) is 6.61 Å². The number of nitrogens with zero attached hydrogens (tertiary/aromatic N) is 1. The number of aliphatic imine (C=N–C) groups is 1. The Morgan fingerprint density at radius 3 is 2.49 bits per heavy atom. The van der Waals surface area contributed by atoms with Gasteiger partial charge in [0.15, 0.2) is 0 Å². The summed E-state index contributed by atoms with van der Waals surface area (Å²) in [6, 6.07) is 22.1. The fourth-order valence-corrected chi connectivity index (χ4v) is 5.23. The molecule has 3 aromatic carbocycles. The zero-order valence-corrected chi connectivity index (χ0v) is 24.2. The maximum atomic E-state index is 12.7. The molecule has 6 nitrogen and oxygen atoms in total. The Morgan fingerprint density at radius 1 is 1.08 bits per heavy atom.